The molecule has 0 saturated heterocycles. The van der Waals surface area contributed by atoms with Crippen LogP contribution in [0.15, 0.2) is 17.7 Å². The van der Waals surface area contributed by atoms with E-state index in [0.29, 0.717) is 27.6 Å². The summed E-state index contributed by atoms with van der Waals surface area (Å²) in [6.45, 7) is 3.33. The summed E-state index contributed by atoms with van der Waals surface area (Å²) in [6.07, 6.45) is 3.50. The molecule has 4 rings (SSSR count). The highest BCUT2D eigenvalue weighted by molar-refractivity contribution is 7.99. The largest absolute Gasteiger partial charge is 0.477 e. The fourth-order valence-corrected chi connectivity index (χ4v) is 4.58. The Labute approximate surface area is 139 Å². The third kappa shape index (κ3) is 2.45. The SMILES string of the molecule is Cc1c(C(=O)O)sc2ncnc(NCc3cn4c(n3)SCC4)c12. The summed E-state index contributed by atoms with van der Waals surface area (Å²) in [6, 6.07) is 0. The summed E-state index contributed by atoms with van der Waals surface area (Å²) in [5.74, 6) is 0.797. The first kappa shape index (κ1) is 14.5. The Morgan fingerprint density at radius 1 is 1.48 bits per heavy atom. The van der Waals surface area contributed by atoms with Gasteiger partial charge in [-0.05, 0) is 12.5 Å². The molecule has 118 valence electrons. The van der Waals surface area contributed by atoms with Crippen LogP contribution >= 0.6 is 23.1 Å². The van der Waals surface area contributed by atoms with Crippen LogP contribution in [0, 0.1) is 6.92 Å². The second-order valence-corrected chi connectivity index (χ2v) is 7.24. The maximum Gasteiger partial charge on any atom is 0.346 e. The monoisotopic (exact) mass is 347 g/mol. The van der Waals surface area contributed by atoms with Gasteiger partial charge in [-0.15, -0.1) is 11.3 Å². The van der Waals surface area contributed by atoms with Gasteiger partial charge in [0.05, 0.1) is 17.6 Å². The Balaban J connectivity index is 1.64. The van der Waals surface area contributed by atoms with Gasteiger partial charge in [0, 0.05) is 18.5 Å². The van der Waals surface area contributed by atoms with Crippen LogP contribution in [0.5, 0.6) is 0 Å². The molecule has 0 bridgehead atoms. The molecular formula is C14H13N5O2S2. The number of carboxylic acid groups (broad SMARTS) is 1. The number of anilines is 1. The lowest BCUT2D eigenvalue weighted by Crippen LogP contribution is -2.03. The van der Waals surface area contributed by atoms with Gasteiger partial charge in [-0.1, -0.05) is 11.8 Å². The van der Waals surface area contributed by atoms with Gasteiger partial charge in [0.15, 0.2) is 5.16 Å². The number of thiophene rings is 1. The van der Waals surface area contributed by atoms with Crippen LogP contribution in [0.1, 0.15) is 20.9 Å². The van der Waals surface area contributed by atoms with Crippen molar-refractivity contribution >= 4 is 45.1 Å². The van der Waals surface area contributed by atoms with E-state index in [0.717, 1.165) is 28.5 Å². The van der Waals surface area contributed by atoms with Crippen LogP contribution in [0.25, 0.3) is 10.2 Å². The average Bonchev–Trinajstić information content (AvgIpc) is 3.18. The molecule has 0 saturated carbocycles. The van der Waals surface area contributed by atoms with Crippen molar-refractivity contribution in [1.29, 1.82) is 0 Å². The lowest BCUT2D eigenvalue weighted by molar-refractivity contribution is 0.0701. The zero-order valence-corrected chi connectivity index (χ0v) is 13.9. The number of thioether (sulfide) groups is 1. The molecule has 9 heteroatoms. The fourth-order valence-electron chi connectivity index (χ4n) is 2.63. The van der Waals surface area contributed by atoms with E-state index in [2.05, 4.69) is 24.8 Å². The highest BCUT2D eigenvalue weighted by atomic mass is 32.2. The number of fused-ring (bicyclic) bond motifs is 2. The normalized spacial score (nSPS) is 13.4. The smallest absolute Gasteiger partial charge is 0.346 e. The van der Waals surface area contributed by atoms with E-state index in [1.54, 1.807) is 18.7 Å². The van der Waals surface area contributed by atoms with E-state index in [1.165, 1.54) is 17.7 Å². The number of aromatic nitrogens is 4. The minimum absolute atomic E-state index is 0.306. The molecule has 0 fully saturated rings. The molecule has 23 heavy (non-hydrogen) atoms. The zero-order chi connectivity index (χ0) is 16.0. The van der Waals surface area contributed by atoms with Gasteiger partial charge in [0.2, 0.25) is 0 Å². The molecular weight excluding hydrogens is 334 g/mol. The van der Waals surface area contributed by atoms with Crippen LogP contribution in [-0.4, -0.2) is 36.3 Å². The predicted molar refractivity (Wildman–Crippen MR) is 89.4 cm³/mol. The number of nitrogens with zero attached hydrogens (tertiary/aromatic N) is 4. The number of carbonyl (C=O) groups is 1. The maximum atomic E-state index is 11.3. The van der Waals surface area contributed by atoms with Crippen LogP contribution in [0.4, 0.5) is 5.82 Å². The minimum Gasteiger partial charge on any atom is -0.477 e. The first-order valence-electron chi connectivity index (χ1n) is 7.03. The first-order chi connectivity index (χ1) is 11.1. The van der Waals surface area contributed by atoms with Gasteiger partial charge in [-0.2, -0.15) is 0 Å². The maximum absolute atomic E-state index is 11.3. The van der Waals surface area contributed by atoms with Gasteiger partial charge in [-0.3, -0.25) is 0 Å². The van der Waals surface area contributed by atoms with E-state index >= 15 is 0 Å². The molecule has 1 aliphatic rings. The molecule has 0 unspecified atom stereocenters. The van der Waals surface area contributed by atoms with Crippen molar-refractivity contribution in [2.45, 2.75) is 25.2 Å². The molecule has 0 spiro atoms. The number of carboxylic acids is 1. The summed E-state index contributed by atoms with van der Waals surface area (Å²) in [5.41, 5.74) is 1.65. The lowest BCUT2D eigenvalue weighted by atomic mass is 10.2. The molecule has 1 aliphatic heterocycles. The highest BCUT2D eigenvalue weighted by Crippen LogP contribution is 2.33. The molecule has 4 heterocycles. The molecule has 7 nitrogen and oxygen atoms in total. The van der Waals surface area contributed by atoms with Gasteiger partial charge < -0.3 is 15.0 Å². The van der Waals surface area contributed by atoms with Crippen molar-refractivity contribution in [3.05, 3.63) is 28.7 Å². The average molecular weight is 347 g/mol. The summed E-state index contributed by atoms with van der Waals surface area (Å²) in [7, 11) is 0. The Kier molecular flexibility index (Phi) is 3.46. The minimum atomic E-state index is -0.931. The van der Waals surface area contributed by atoms with Crippen molar-refractivity contribution in [3.8, 4) is 0 Å². The molecule has 0 radical (unpaired) electrons. The van der Waals surface area contributed by atoms with E-state index in [1.807, 2.05) is 6.20 Å². The summed E-state index contributed by atoms with van der Waals surface area (Å²) in [4.78, 5) is 25.3. The van der Waals surface area contributed by atoms with E-state index in [9.17, 15) is 9.90 Å². The topological polar surface area (TPSA) is 92.9 Å². The predicted octanol–water partition coefficient (Wildman–Crippen LogP) is 2.61. The standard InChI is InChI=1S/C14H13N5O2S2/c1-7-9-11(16-6-17-12(9)23-10(7)13(20)21)15-4-8-5-19-2-3-22-14(19)18-8/h5-6H,2-4H2,1H3,(H,20,21)(H,15,16,17). The number of hydrogen-bond acceptors (Lipinski definition) is 7. The van der Waals surface area contributed by atoms with Crippen molar-refractivity contribution in [3.63, 3.8) is 0 Å². The summed E-state index contributed by atoms with van der Waals surface area (Å²) < 4.78 is 2.15. The fraction of sp³-hybridized carbons (Fsp3) is 0.286. The number of rotatable bonds is 4. The Bertz CT molecular complexity index is 896. The van der Waals surface area contributed by atoms with Crippen molar-refractivity contribution in [2.24, 2.45) is 0 Å². The van der Waals surface area contributed by atoms with Gasteiger partial charge >= 0.3 is 5.97 Å². The highest BCUT2D eigenvalue weighted by Gasteiger charge is 2.19. The second-order valence-electron chi connectivity index (χ2n) is 5.17. The molecule has 3 aromatic rings. The molecule has 0 amide bonds. The molecule has 0 atom stereocenters. The zero-order valence-electron chi connectivity index (χ0n) is 12.2. The van der Waals surface area contributed by atoms with Gasteiger partial charge in [0.1, 0.15) is 21.9 Å². The molecule has 0 aromatic carbocycles. The van der Waals surface area contributed by atoms with Crippen LogP contribution < -0.4 is 5.32 Å². The van der Waals surface area contributed by atoms with Crippen LogP contribution in [-0.2, 0) is 13.1 Å². The molecule has 2 N–H and O–H groups in total. The van der Waals surface area contributed by atoms with Gasteiger partial charge in [-0.25, -0.2) is 19.7 Å². The Morgan fingerprint density at radius 3 is 3.13 bits per heavy atom. The summed E-state index contributed by atoms with van der Waals surface area (Å²) in [5, 5.41) is 14.3. The molecule has 0 aliphatic carbocycles. The van der Waals surface area contributed by atoms with Crippen molar-refractivity contribution < 1.29 is 9.90 Å². The van der Waals surface area contributed by atoms with Crippen LogP contribution in [0.3, 0.4) is 0 Å². The third-order valence-electron chi connectivity index (χ3n) is 3.71. The number of imidazole rings is 1. The lowest BCUT2D eigenvalue weighted by Gasteiger charge is -2.05. The Hall–Kier alpha value is -2.13. The Morgan fingerprint density at radius 2 is 2.35 bits per heavy atom. The van der Waals surface area contributed by atoms with Crippen LogP contribution in [0.2, 0.25) is 0 Å². The second kappa shape index (κ2) is 5.50. The summed E-state index contributed by atoms with van der Waals surface area (Å²) >= 11 is 2.93. The van der Waals surface area contributed by atoms with E-state index < -0.39 is 5.97 Å². The quantitative estimate of drug-likeness (QED) is 0.749. The van der Waals surface area contributed by atoms with Crippen molar-refractivity contribution in [2.75, 3.05) is 11.1 Å². The number of aromatic carboxylic acids is 1. The van der Waals surface area contributed by atoms with Crippen molar-refractivity contribution in [1.82, 2.24) is 19.5 Å². The third-order valence-corrected chi connectivity index (χ3v) is 5.87. The van der Waals surface area contributed by atoms with Gasteiger partial charge in [0.25, 0.3) is 0 Å². The van der Waals surface area contributed by atoms with E-state index in [4.69, 9.17) is 0 Å². The van der Waals surface area contributed by atoms with E-state index in [-0.39, 0.29) is 0 Å². The number of aryl methyl sites for hydroxylation is 2. The first-order valence-corrected chi connectivity index (χ1v) is 8.84. The number of nitrogens with one attached hydrogen (secondary N) is 1. The molecule has 3 aromatic heterocycles. The number of hydrogen-bond donors (Lipinski definition) is 2.